The van der Waals surface area contributed by atoms with Gasteiger partial charge in [0.25, 0.3) is 11.7 Å². The smallest absolute Gasteiger partial charge is 0.300 e. The lowest BCUT2D eigenvalue weighted by Crippen LogP contribution is -2.29. The molecule has 0 bridgehead atoms. The summed E-state index contributed by atoms with van der Waals surface area (Å²) >= 11 is 1.37. The van der Waals surface area contributed by atoms with Crippen molar-refractivity contribution in [1.82, 2.24) is 0 Å². The van der Waals surface area contributed by atoms with Crippen LogP contribution in [0, 0.1) is 12.7 Å². The Morgan fingerprint density at radius 1 is 1.06 bits per heavy atom. The van der Waals surface area contributed by atoms with Gasteiger partial charge in [0.2, 0.25) is 0 Å². The van der Waals surface area contributed by atoms with Gasteiger partial charge in [-0.25, -0.2) is 4.39 Å². The quantitative estimate of drug-likeness (QED) is 0.298. The van der Waals surface area contributed by atoms with Crippen LogP contribution in [0.15, 0.2) is 65.6 Å². The summed E-state index contributed by atoms with van der Waals surface area (Å²) in [5.74, 6) is -2.31. The average molecular weight is 450 g/mol. The molecular formula is C26H24FNO3S. The Bertz CT molecular complexity index is 1240. The molecule has 2 heterocycles. The molecule has 0 aliphatic carbocycles. The topological polar surface area (TPSA) is 57.6 Å². The summed E-state index contributed by atoms with van der Waals surface area (Å²) in [6.45, 7) is 8.05. The summed E-state index contributed by atoms with van der Waals surface area (Å²) in [5, 5.41) is 13.2. The molecule has 1 unspecified atom stereocenters. The Hall–Kier alpha value is -3.25. The second-order valence-electron chi connectivity index (χ2n) is 8.94. The van der Waals surface area contributed by atoms with E-state index in [-0.39, 0.29) is 22.4 Å². The maximum Gasteiger partial charge on any atom is 0.300 e. The van der Waals surface area contributed by atoms with Crippen LogP contribution in [-0.2, 0) is 15.0 Å². The van der Waals surface area contributed by atoms with Gasteiger partial charge in [0, 0.05) is 16.1 Å². The second kappa shape index (κ2) is 8.02. The second-order valence-corrected chi connectivity index (χ2v) is 9.92. The average Bonchev–Trinajstić information content (AvgIpc) is 3.34. The Labute approximate surface area is 190 Å². The number of carbonyl (C=O) groups is 2. The first-order valence-corrected chi connectivity index (χ1v) is 11.2. The van der Waals surface area contributed by atoms with Crippen LogP contribution in [0.2, 0.25) is 0 Å². The van der Waals surface area contributed by atoms with E-state index in [4.69, 9.17) is 0 Å². The number of Topliss-reactive ketones (excluding diaryl/α,β-unsaturated/α-hetero) is 1. The van der Waals surface area contributed by atoms with Crippen molar-refractivity contribution in [3.63, 3.8) is 0 Å². The lowest BCUT2D eigenvalue weighted by molar-refractivity contribution is -0.132. The Morgan fingerprint density at radius 2 is 1.81 bits per heavy atom. The van der Waals surface area contributed by atoms with Crippen molar-refractivity contribution in [3.8, 4) is 0 Å². The molecule has 1 atom stereocenters. The molecule has 32 heavy (non-hydrogen) atoms. The maximum absolute atomic E-state index is 14.0. The van der Waals surface area contributed by atoms with Crippen molar-refractivity contribution in [3.05, 3.63) is 92.9 Å². The molecule has 164 valence electrons. The molecule has 1 saturated heterocycles. The molecule has 1 aromatic heterocycles. The summed E-state index contributed by atoms with van der Waals surface area (Å²) in [6.07, 6.45) is 0. The van der Waals surface area contributed by atoms with Gasteiger partial charge in [0.1, 0.15) is 17.6 Å². The van der Waals surface area contributed by atoms with Gasteiger partial charge in [-0.15, -0.1) is 11.3 Å². The number of hydrogen-bond donors (Lipinski definition) is 1. The van der Waals surface area contributed by atoms with Crippen molar-refractivity contribution in [1.29, 1.82) is 0 Å². The van der Waals surface area contributed by atoms with Crippen LogP contribution < -0.4 is 4.90 Å². The number of nitrogens with zero attached hydrogens (tertiary/aromatic N) is 1. The number of aryl methyl sites for hydroxylation is 1. The largest absolute Gasteiger partial charge is 0.507 e. The van der Waals surface area contributed by atoms with Gasteiger partial charge < -0.3 is 5.11 Å². The zero-order valence-corrected chi connectivity index (χ0v) is 19.2. The molecule has 1 N–H and O–H groups in total. The lowest BCUT2D eigenvalue weighted by atomic mass is 9.84. The fourth-order valence-electron chi connectivity index (χ4n) is 3.93. The van der Waals surface area contributed by atoms with Crippen molar-refractivity contribution in [2.75, 3.05) is 4.90 Å². The molecule has 0 saturated carbocycles. The number of hydrogen-bond acceptors (Lipinski definition) is 4. The summed E-state index contributed by atoms with van der Waals surface area (Å²) < 4.78 is 14.0. The molecule has 3 aromatic rings. The molecule has 6 heteroatoms. The van der Waals surface area contributed by atoms with Crippen molar-refractivity contribution in [2.45, 2.75) is 39.2 Å². The number of rotatable bonds is 3. The van der Waals surface area contributed by atoms with E-state index in [1.54, 1.807) is 12.1 Å². The normalized spacial score (nSPS) is 18.4. The van der Waals surface area contributed by atoms with Crippen molar-refractivity contribution >= 4 is 34.5 Å². The van der Waals surface area contributed by atoms with Crippen molar-refractivity contribution in [2.24, 2.45) is 0 Å². The van der Waals surface area contributed by atoms with E-state index in [0.29, 0.717) is 10.4 Å². The highest BCUT2D eigenvalue weighted by Gasteiger charge is 2.47. The van der Waals surface area contributed by atoms with E-state index in [1.165, 1.54) is 34.4 Å². The molecule has 1 amide bonds. The number of anilines is 1. The minimum Gasteiger partial charge on any atom is -0.507 e. The third-order valence-corrected chi connectivity index (χ3v) is 6.63. The van der Waals surface area contributed by atoms with E-state index in [2.05, 4.69) is 20.8 Å². The van der Waals surface area contributed by atoms with E-state index < -0.39 is 23.5 Å². The van der Waals surface area contributed by atoms with Crippen LogP contribution in [0.25, 0.3) is 5.76 Å². The number of aliphatic hydroxyl groups excluding tert-OH is 1. The van der Waals surface area contributed by atoms with Crippen LogP contribution in [0.5, 0.6) is 0 Å². The van der Waals surface area contributed by atoms with Crippen LogP contribution in [0.4, 0.5) is 10.1 Å². The zero-order chi connectivity index (χ0) is 23.2. The fourth-order valence-corrected chi connectivity index (χ4v) is 4.75. The van der Waals surface area contributed by atoms with E-state index >= 15 is 0 Å². The zero-order valence-electron chi connectivity index (χ0n) is 18.3. The summed E-state index contributed by atoms with van der Waals surface area (Å²) in [5.41, 5.74) is 2.41. The molecule has 0 radical (unpaired) electrons. The summed E-state index contributed by atoms with van der Waals surface area (Å²) in [6, 6.07) is 14.1. The third kappa shape index (κ3) is 3.75. The molecule has 4 nitrogen and oxygen atoms in total. The highest BCUT2D eigenvalue weighted by molar-refractivity contribution is 7.10. The minimum atomic E-state index is -0.838. The van der Waals surface area contributed by atoms with Gasteiger partial charge in [-0.3, -0.25) is 14.5 Å². The maximum atomic E-state index is 14.0. The standard InChI is InChI=1S/C26H24FNO3S/c1-15-10-11-16(26(2,3)4)13-19(15)23(29)21-22(20-9-6-12-32-20)28(25(31)24(21)30)18-8-5-7-17(27)14-18/h5-14,22,29H,1-4H3/b23-21+. The van der Waals surface area contributed by atoms with Crippen LogP contribution >= 0.6 is 11.3 Å². The van der Waals surface area contributed by atoms with Crippen LogP contribution in [-0.4, -0.2) is 16.8 Å². The number of thiophene rings is 1. The first kappa shape index (κ1) is 22.0. The Morgan fingerprint density at radius 3 is 2.44 bits per heavy atom. The predicted molar refractivity (Wildman–Crippen MR) is 125 cm³/mol. The molecule has 4 rings (SSSR count). The lowest BCUT2D eigenvalue weighted by Gasteiger charge is -2.25. The number of carbonyl (C=O) groups excluding carboxylic acids is 2. The molecule has 2 aromatic carbocycles. The fraction of sp³-hybridized carbons (Fsp3) is 0.231. The molecule has 1 aliphatic rings. The third-order valence-electron chi connectivity index (χ3n) is 5.70. The van der Waals surface area contributed by atoms with Gasteiger partial charge in [-0.05, 0) is 59.2 Å². The molecular weight excluding hydrogens is 425 g/mol. The highest BCUT2D eigenvalue weighted by atomic mass is 32.1. The SMILES string of the molecule is Cc1ccc(C(C)(C)C)cc1/C(O)=C1\C(=O)C(=O)N(c2cccc(F)c2)C1c1cccs1. The monoisotopic (exact) mass is 449 g/mol. The van der Waals surface area contributed by atoms with Gasteiger partial charge in [-0.1, -0.05) is 45.0 Å². The van der Waals surface area contributed by atoms with Gasteiger partial charge >= 0.3 is 0 Å². The first-order chi connectivity index (χ1) is 15.1. The van der Waals surface area contributed by atoms with E-state index in [1.807, 2.05) is 36.6 Å². The summed E-state index contributed by atoms with van der Waals surface area (Å²) in [7, 11) is 0. The number of aliphatic hydroxyl groups is 1. The number of ketones is 1. The summed E-state index contributed by atoms with van der Waals surface area (Å²) in [4.78, 5) is 28.3. The molecule has 1 fully saturated rings. The minimum absolute atomic E-state index is 0.0101. The number of halogens is 1. The Kier molecular flexibility index (Phi) is 5.51. The van der Waals surface area contributed by atoms with E-state index in [9.17, 15) is 19.1 Å². The Balaban J connectivity index is 1.96. The van der Waals surface area contributed by atoms with Gasteiger partial charge in [-0.2, -0.15) is 0 Å². The van der Waals surface area contributed by atoms with Crippen molar-refractivity contribution < 1.29 is 19.1 Å². The highest BCUT2D eigenvalue weighted by Crippen LogP contribution is 2.44. The van der Waals surface area contributed by atoms with E-state index in [0.717, 1.165) is 11.1 Å². The predicted octanol–water partition coefficient (Wildman–Crippen LogP) is 6.12. The number of benzene rings is 2. The molecule has 1 aliphatic heterocycles. The van der Waals surface area contributed by atoms with Gasteiger partial charge in [0.05, 0.1) is 5.57 Å². The first-order valence-electron chi connectivity index (χ1n) is 10.3. The van der Waals surface area contributed by atoms with Crippen LogP contribution in [0.1, 0.15) is 48.4 Å². The van der Waals surface area contributed by atoms with Crippen LogP contribution in [0.3, 0.4) is 0 Å². The van der Waals surface area contributed by atoms with Gasteiger partial charge in [0.15, 0.2) is 0 Å². The molecule has 0 spiro atoms. The number of amides is 1.